The highest BCUT2D eigenvalue weighted by Crippen LogP contribution is 2.17. The normalized spacial score (nSPS) is 12.8. The van der Waals surface area contributed by atoms with Crippen LogP contribution in [0, 0.1) is 6.92 Å². The Labute approximate surface area is 106 Å². The first-order valence-electron chi connectivity index (χ1n) is 5.82. The highest BCUT2D eigenvalue weighted by Gasteiger charge is 2.15. The zero-order valence-corrected chi connectivity index (χ0v) is 10.9. The van der Waals surface area contributed by atoms with E-state index in [-0.39, 0.29) is 6.04 Å². The van der Waals surface area contributed by atoms with Crippen LogP contribution < -0.4 is 5.32 Å². The number of hydrogen-bond donors (Lipinski definition) is 1. The molecular weight excluding hydrogens is 232 g/mol. The second kappa shape index (κ2) is 5.79. The average Bonchev–Trinajstić information content (AvgIpc) is 2.94. The first kappa shape index (κ1) is 12.8. The largest absolute Gasteiger partial charge is 0.465 e. The van der Waals surface area contributed by atoms with E-state index in [2.05, 4.69) is 15.5 Å². The van der Waals surface area contributed by atoms with Gasteiger partial charge in [-0.1, -0.05) is 0 Å². The van der Waals surface area contributed by atoms with Crippen molar-refractivity contribution in [3.8, 4) is 0 Å². The molecule has 1 N–H and O–H groups in total. The quantitative estimate of drug-likeness (QED) is 0.834. The third-order valence-corrected chi connectivity index (χ3v) is 2.75. The third kappa shape index (κ3) is 2.96. The molecule has 0 saturated carbocycles. The Kier molecular flexibility index (Phi) is 4.11. The fourth-order valence-electron chi connectivity index (χ4n) is 1.73. The number of nitrogens with one attached hydrogen (secondary N) is 1. The van der Waals surface area contributed by atoms with Crippen molar-refractivity contribution >= 4 is 0 Å². The van der Waals surface area contributed by atoms with Crippen LogP contribution in [0.4, 0.5) is 0 Å². The highest BCUT2D eigenvalue weighted by molar-refractivity contribution is 5.10. The molecule has 18 heavy (non-hydrogen) atoms. The van der Waals surface area contributed by atoms with Crippen molar-refractivity contribution in [3.05, 3.63) is 35.8 Å². The summed E-state index contributed by atoms with van der Waals surface area (Å²) < 4.78 is 12.7. The lowest BCUT2D eigenvalue weighted by atomic mass is 10.2. The molecule has 0 saturated heterocycles. The highest BCUT2D eigenvalue weighted by atomic mass is 16.5. The molecule has 6 heteroatoms. The third-order valence-electron chi connectivity index (χ3n) is 2.75. The summed E-state index contributed by atoms with van der Waals surface area (Å²) >= 11 is 0. The van der Waals surface area contributed by atoms with Gasteiger partial charge in [0, 0.05) is 14.2 Å². The van der Waals surface area contributed by atoms with Crippen LogP contribution in [0.5, 0.6) is 0 Å². The minimum atomic E-state index is 0.0143. The Bertz CT molecular complexity index is 492. The van der Waals surface area contributed by atoms with Crippen LogP contribution in [-0.2, 0) is 18.3 Å². The van der Waals surface area contributed by atoms with Gasteiger partial charge in [0.05, 0.1) is 19.2 Å². The maximum Gasteiger partial charge on any atom is 0.146 e. The maximum atomic E-state index is 5.61. The summed E-state index contributed by atoms with van der Waals surface area (Å²) in [6, 6.07) is 3.92. The molecule has 98 valence electrons. The van der Waals surface area contributed by atoms with Crippen LogP contribution >= 0.6 is 0 Å². The first-order chi connectivity index (χ1) is 8.70. The van der Waals surface area contributed by atoms with Crippen LogP contribution in [0.25, 0.3) is 0 Å². The van der Waals surface area contributed by atoms with Crippen molar-refractivity contribution in [2.75, 3.05) is 13.7 Å². The van der Waals surface area contributed by atoms with Gasteiger partial charge in [-0.05, 0) is 19.1 Å². The van der Waals surface area contributed by atoms with Gasteiger partial charge in [-0.3, -0.25) is 5.32 Å². The van der Waals surface area contributed by atoms with Gasteiger partial charge in [0.2, 0.25) is 0 Å². The van der Waals surface area contributed by atoms with E-state index in [0.29, 0.717) is 13.2 Å². The van der Waals surface area contributed by atoms with E-state index < -0.39 is 0 Å². The monoisotopic (exact) mass is 250 g/mol. The van der Waals surface area contributed by atoms with Gasteiger partial charge >= 0.3 is 0 Å². The van der Waals surface area contributed by atoms with Crippen LogP contribution in [0.15, 0.2) is 22.9 Å². The van der Waals surface area contributed by atoms with Crippen molar-refractivity contribution in [2.45, 2.75) is 19.5 Å². The van der Waals surface area contributed by atoms with E-state index in [4.69, 9.17) is 9.15 Å². The summed E-state index contributed by atoms with van der Waals surface area (Å²) in [6.45, 7) is 3.09. The van der Waals surface area contributed by atoms with E-state index in [1.807, 2.05) is 30.7 Å². The lowest BCUT2D eigenvalue weighted by Crippen LogP contribution is -2.25. The fraction of sp³-hybridized carbons (Fsp3) is 0.500. The topological polar surface area (TPSA) is 65.1 Å². The minimum absolute atomic E-state index is 0.0143. The standard InChI is InChI=1S/C12H18N4O2/c1-9-4-5-11(18-9)10(7-17-3)13-6-12-15-14-8-16(12)2/h4-5,8,10,13H,6-7H2,1-3H3. The van der Waals surface area contributed by atoms with Crippen molar-refractivity contribution in [2.24, 2.45) is 7.05 Å². The van der Waals surface area contributed by atoms with E-state index in [1.54, 1.807) is 13.4 Å². The molecule has 2 heterocycles. The molecule has 2 aromatic rings. The van der Waals surface area contributed by atoms with Gasteiger partial charge in [0.1, 0.15) is 23.7 Å². The number of nitrogens with zero attached hydrogens (tertiary/aromatic N) is 3. The smallest absolute Gasteiger partial charge is 0.146 e. The van der Waals surface area contributed by atoms with Crippen molar-refractivity contribution in [1.29, 1.82) is 0 Å². The van der Waals surface area contributed by atoms with E-state index in [0.717, 1.165) is 17.3 Å². The number of methoxy groups -OCH3 is 1. The Hall–Kier alpha value is -1.66. The first-order valence-corrected chi connectivity index (χ1v) is 5.82. The average molecular weight is 250 g/mol. The Morgan fingerprint density at radius 3 is 2.89 bits per heavy atom. The Balaban J connectivity index is 2.01. The van der Waals surface area contributed by atoms with Crippen LogP contribution in [0.2, 0.25) is 0 Å². The summed E-state index contributed by atoms with van der Waals surface area (Å²) in [6.07, 6.45) is 1.68. The van der Waals surface area contributed by atoms with Gasteiger partial charge in [0.25, 0.3) is 0 Å². The molecule has 2 rings (SSSR count). The number of aromatic nitrogens is 3. The molecular formula is C12H18N4O2. The summed E-state index contributed by atoms with van der Waals surface area (Å²) in [7, 11) is 3.59. The molecule has 1 unspecified atom stereocenters. The molecule has 6 nitrogen and oxygen atoms in total. The zero-order valence-electron chi connectivity index (χ0n) is 10.9. The number of rotatable bonds is 6. The van der Waals surface area contributed by atoms with E-state index >= 15 is 0 Å². The van der Waals surface area contributed by atoms with E-state index in [1.165, 1.54) is 0 Å². The predicted octanol–water partition coefficient (Wildman–Crippen LogP) is 1.19. The van der Waals surface area contributed by atoms with Gasteiger partial charge in [0.15, 0.2) is 0 Å². The number of hydrogen-bond acceptors (Lipinski definition) is 5. The van der Waals surface area contributed by atoms with Gasteiger partial charge in [-0.15, -0.1) is 10.2 Å². The summed E-state index contributed by atoms with van der Waals surface area (Å²) in [5, 5.41) is 11.2. The summed E-state index contributed by atoms with van der Waals surface area (Å²) in [5.41, 5.74) is 0. The molecule has 0 aliphatic rings. The molecule has 0 aliphatic heterocycles. The molecule has 1 atom stereocenters. The summed E-state index contributed by atoms with van der Waals surface area (Å²) in [4.78, 5) is 0. The second-order valence-electron chi connectivity index (χ2n) is 4.20. The van der Waals surface area contributed by atoms with Crippen molar-refractivity contribution in [3.63, 3.8) is 0 Å². The molecule has 2 aromatic heterocycles. The van der Waals surface area contributed by atoms with Gasteiger partial charge in [-0.25, -0.2) is 0 Å². The maximum absolute atomic E-state index is 5.61. The van der Waals surface area contributed by atoms with Crippen LogP contribution in [-0.4, -0.2) is 28.5 Å². The van der Waals surface area contributed by atoms with Gasteiger partial charge < -0.3 is 13.7 Å². The van der Waals surface area contributed by atoms with Crippen LogP contribution in [0.1, 0.15) is 23.4 Å². The second-order valence-corrected chi connectivity index (χ2v) is 4.20. The molecule has 0 aromatic carbocycles. The van der Waals surface area contributed by atoms with E-state index in [9.17, 15) is 0 Å². The molecule has 0 radical (unpaired) electrons. The molecule has 0 amide bonds. The number of aryl methyl sites for hydroxylation is 2. The van der Waals surface area contributed by atoms with Gasteiger partial charge in [-0.2, -0.15) is 0 Å². The SMILES string of the molecule is COCC(NCc1nncn1C)c1ccc(C)o1. The Morgan fingerprint density at radius 1 is 1.50 bits per heavy atom. The summed E-state index contributed by atoms with van der Waals surface area (Å²) in [5.74, 6) is 2.64. The molecule has 0 bridgehead atoms. The van der Waals surface area contributed by atoms with Crippen molar-refractivity contribution in [1.82, 2.24) is 20.1 Å². The number of ether oxygens (including phenoxy) is 1. The lowest BCUT2D eigenvalue weighted by molar-refractivity contribution is 0.155. The van der Waals surface area contributed by atoms with Crippen molar-refractivity contribution < 1.29 is 9.15 Å². The minimum Gasteiger partial charge on any atom is -0.465 e. The Morgan fingerprint density at radius 2 is 2.33 bits per heavy atom. The zero-order chi connectivity index (χ0) is 13.0. The van der Waals surface area contributed by atoms with Crippen LogP contribution in [0.3, 0.4) is 0 Å². The predicted molar refractivity (Wildman–Crippen MR) is 65.9 cm³/mol. The molecule has 0 spiro atoms. The molecule has 0 fully saturated rings. The lowest BCUT2D eigenvalue weighted by Gasteiger charge is -2.15. The molecule has 0 aliphatic carbocycles. The fourth-order valence-corrected chi connectivity index (χ4v) is 1.73. The number of furan rings is 1.